The van der Waals surface area contributed by atoms with Crippen LogP contribution in [0.25, 0.3) is 0 Å². The van der Waals surface area contributed by atoms with Gasteiger partial charge in [0, 0.05) is 30.5 Å². The first-order valence-corrected chi connectivity index (χ1v) is 10.4. The number of aryl methyl sites for hydroxylation is 1. The molecule has 0 aliphatic carbocycles. The molecule has 0 bridgehead atoms. The number of sulfonamides is 1. The predicted octanol–water partition coefficient (Wildman–Crippen LogP) is 3.56. The maximum Gasteiger partial charge on any atom is 0.240 e. The average Bonchev–Trinajstić information content (AvgIpc) is 3.03. The third-order valence-corrected chi connectivity index (χ3v) is 6.52. The molecule has 6 heteroatoms. The van der Waals surface area contributed by atoms with Gasteiger partial charge < -0.3 is 0 Å². The van der Waals surface area contributed by atoms with E-state index in [1.165, 1.54) is 10.4 Å². The van der Waals surface area contributed by atoms with Crippen molar-refractivity contribution < 1.29 is 8.42 Å². The van der Waals surface area contributed by atoms with Gasteiger partial charge >= 0.3 is 0 Å². The molecule has 1 N–H and O–H groups in total. The molecule has 0 fully saturated rings. The summed E-state index contributed by atoms with van der Waals surface area (Å²) in [7, 11) is -3.48. The van der Waals surface area contributed by atoms with Crippen LogP contribution >= 0.6 is 11.3 Å². The number of rotatable bonds is 7. The van der Waals surface area contributed by atoms with Gasteiger partial charge in [0.2, 0.25) is 10.0 Å². The molecule has 0 aliphatic rings. The summed E-state index contributed by atoms with van der Waals surface area (Å²) in [5.41, 5.74) is 1.99. The Bertz CT molecular complexity index is 935. The molecule has 0 aliphatic heterocycles. The first-order chi connectivity index (χ1) is 12.0. The van der Waals surface area contributed by atoms with E-state index in [9.17, 15) is 8.42 Å². The zero-order chi connectivity index (χ0) is 17.7. The summed E-state index contributed by atoms with van der Waals surface area (Å²) in [5.74, 6) is 0. The first-order valence-electron chi connectivity index (χ1n) is 8.07. The number of benzene rings is 2. The molecule has 0 saturated carbocycles. The van der Waals surface area contributed by atoms with Crippen molar-refractivity contribution in [3.05, 3.63) is 81.8 Å². The second-order valence-electron chi connectivity index (χ2n) is 5.80. The lowest BCUT2D eigenvalue weighted by molar-refractivity contribution is 0.581. The molecule has 2 aromatic carbocycles. The molecule has 3 aromatic rings. The molecule has 130 valence electrons. The first kappa shape index (κ1) is 17.8. The topological polar surface area (TPSA) is 59.1 Å². The fourth-order valence-electron chi connectivity index (χ4n) is 2.57. The third-order valence-electron chi connectivity index (χ3n) is 3.84. The van der Waals surface area contributed by atoms with Gasteiger partial charge in [-0.15, -0.1) is 11.3 Å². The van der Waals surface area contributed by atoms with Crippen LogP contribution in [0.5, 0.6) is 0 Å². The van der Waals surface area contributed by atoms with Crippen LogP contribution in [0.1, 0.15) is 21.0 Å². The largest absolute Gasteiger partial charge is 0.249 e. The Balaban J connectivity index is 1.57. The molecule has 0 radical (unpaired) electrons. The number of nitrogens with zero attached hydrogens (tertiary/aromatic N) is 1. The van der Waals surface area contributed by atoms with Crippen molar-refractivity contribution in [1.29, 1.82) is 0 Å². The second-order valence-corrected chi connectivity index (χ2v) is 8.73. The van der Waals surface area contributed by atoms with Crippen LogP contribution in [0.3, 0.4) is 0 Å². The molecule has 0 saturated heterocycles. The van der Waals surface area contributed by atoms with Gasteiger partial charge in [0.15, 0.2) is 0 Å². The quantitative estimate of drug-likeness (QED) is 0.690. The molecule has 4 nitrogen and oxygen atoms in total. The van der Waals surface area contributed by atoms with Gasteiger partial charge in [0.1, 0.15) is 0 Å². The zero-order valence-corrected chi connectivity index (χ0v) is 15.6. The molecular formula is C19H20N2O2S2. The fraction of sp³-hybridized carbons (Fsp3) is 0.211. The number of hydrogen-bond acceptors (Lipinski definition) is 4. The average molecular weight is 373 g/mol. The zero-order valence-electron chi connectivity index (χ0n) is 14.0. The number of hydrogen-bond donors (Lipinski definition) is 1. The smallest absolute Gasteiger partial charge is 0.240 e. The van der Waals surface area contributed by atoms with Crippen molar-refractivity contribution in [3.8, 4) is 0 Å². The summed E-state index contributed by atoms with van der Waals surface area (Å²) in [6, 6.07) is 17.2. The molecule has 3 rings (SSSR count). The van der Waals surface area contributed by atoms with E-state index >= 15 is 0 Å². The standard InChI is InChI=1S/C19H20N2O2S2/c1-15-7-5-6-10-18(15)25(22,23)21-12-11-19-20-14-17(24-19)13-16-8-3-2-4-9-16/h2-10,14,21H,11-13H2,1H3. The minimum atomic E-state index is -3.48. The monoisotopic (exact) mass is 372 g/mol. The summed E-state index contributed by atoms with van der Waals surface area (Å²) >= 11 is 1.63. The molecular weight excluding hydrogens is 352 g/mol. The Kier molecular flexibility index (Phi) is 5.63. The van der Waals surface area contributed by atoms with Crippen molar-refractivity contribution in [3.63, 3.8) is 0 Å². The van der Waals surface area contributed by atoms with Crippen molar-refractivity contribution >= 4 is 21.4 Å². The Labute approximate surface area is 152 Å². The second kappa shape index (κ2) is 7.91. The highest BCUT2D eigenvalue weighted by molar-refractivity contribution is 7.89. The van der Waals surface area contributed by atoms with Crippen LogP contribution in [0.15, 0.2) is 65.7 Å². The van der Waals surface area contributed by atoms with Crippen molar-refractivity contribution in [1.82, 2.24) is 9.71 Å². The van der Waals surface area contributed by atoms with Gasteiger partial charge in [-0.05, 0) is 24.1 Å². The van der Waals surface area contributed by atoms with Crippen LogP contribution in [0.4, 0.5) is 0 Å². The summed E-state index contributed by atoms with van der Waals surface area (Å²) < 4.78 is 27.4. The molecule has 25 heavy (non-hydrogen) atoms. The molecule has 1 aromatic heterocycles. The van der Waals surface area contributed by atoms with Crippen LogP contribution in [-0.4, -0.2) is 19.9 Å². The summed E-state index contributed by atoms with van der Waals surface area (Å²) in [4.78, 5) is 5.92. The van der Waals surface area contributed by atoms with Gasteiger partial charge in [-0.3, -0.25) is 0 Å². The van der Waals surface area contributed by atoms with E-state index in [1.54, 1.807) is 36.5 Å². The predicted molar refractivity (Wildman–Crippen MR) is 101 cm³/mol. The Hall–Kier alpha value is -2.02. The number of aromatic nitrogens is 1. The molecule has 1 heterocycles. The van der Waals surface area contributed by atoms with E-state index in [1.807, 2.05) is 30.5 Å². The van der Waals surface area contributed by atoms with Gasteiger partial charge in [0.05, 0.1) is 9.90 Å². The Morgan fingerprint density at radius 3 is 2.52 bits per heavy atom. The third kappa shape index (κ3) is 4.75. The Morgan fingerprint density at radius 1 is 1.04 bits per heavy atom. The van der Waals surface area contributed by atoms with Crippen LogP contribution < -0.4 is 4.72 Å². The molecule has 0 atom stereocenters. The minimum Gasteiger partial charge on any atom is -0.249 e. The lowest BCUT2D eigenvalue weighted by atomic mass is 10.1. The van der Waals surface area contributed by atoms with Crippen LogP contribution in [0.2, 0.25) is 0 Å². The summed E-state index contributed by atoms with van der Waals surface area (Å²) in [6.07, 6.45) is 3.32. The van der Waals surface area contributed by atoms with Gasteiger partial charge in [-0.25, -0.2) is 18.1 Å². The molecule has 0 amide bonds. The normalized spacial score (nSPS) is 11.6. The summed E-state index contributed by atoms with van der Waals surface area (Å²) in [5, 5.41) is 0.943. The highest BCUT2D eigenvalue weighted by Gasteiger charge is 2.15. The van der Waals surface area contributed by atoms with Crippen LogP contribution in [-0.2, 0) is 22.9 Å². The van der Waals surface area contributed by atoms with E-state index in [-0.39, 0.29) is 0 Å². The van der Waals surface area contributed by atoms with Crippen LogP contribution in [0, 0.1) is 6.92 Å². The lowest BCUT2D eigenvalue weighted by Gasteiger charge is -2.08. The van der Waals surface area contributed by atoms with Gasteiger partial charge in [-0.1, -0.05) is 48.5 Å². The van der Waals surface area contributed by atoms with E-state index in [4.69, 9.17) is 0 Å². The van der Waals surface area contributed by atoms with Crippen molar-refractivity contribution in [2.75, 3.05) is 6.54 Å². The van der Waals surface area contributed by atoms with Crippen molar-refractivity contribution in [2.45, 2.75) is 24.7 Å². The maximum atomic E-state index is 12.4. The lowest BCUT2D eigenvalue weighted by Crippen LogP contribution is -2.26. The highest BCUT2D eigenvalue weighted by atomic mass is 32.2. The highest BCUT2D eigenvalue weighted by Crippen LogP contribution is 2.18. The van der Waals surface area contributed by atoms with Gasteiger partial charge in [0.25, 0.3) is 0 Å². The van der Waals surface area contributed by atoms with E-state index in [2.05, 4.69) is 21.8 Å². The number of nitrogens with one attached hydrogen (secondary N) is 1. The molecule has 0 unspecified atom stereocenters. The number of thiazole rings is 1. The maximum absolute atomic E-state index is 12.4. The minimum absolute atomic E-state index is 0.332. The van der Waals surface area contributed by atoms with E-state index in [0.717, 1.165) is 17.0 Å². The van der Waals surface area contributed by atoms with Gasteiger partial charge in [-0.2, -0.15) is 0 Å². The molecule has 0 spiro atoms. The van der Waals surface area contributed by atoms with E-state index < -0.39 is 10.0 Å². The Morgan fingerprint density at radius 2 is 1.76 bits per heavy atom. The fourth-order valence-corrected chi connectivity index (χ4v) is 4.80. The SMILES string of the molecule is Cc1ccccc1S(=O)(=O)NCCc1ncc(Cc2ccccc2)s1. The summed E-state index contributed by atoms with van der Waals surface area (Å²) in [6.45, 7) is 2.14. The van der Waals surface area contributed by atoms with E-state index in [0.29, 0.717) is 17.9 Å². The van der Waals surface area contributed by atoms with Crippen molar-refractivity contribution in [2.24, 2.45) is 0 Å².